The van der Waals surface area contributed by atoms with Crippen molar-refractivity contribution in [2.24, 2.45) is 11.8 Å². The normalized spacial score (nSPS) is 25.8. The third kappa shape index (κ3) is 4.40. The van der Waals surface area contributed by atoms with Crippen molar-refractivity contribution in [3.05, 3.63) is 0 Å². The number of hydrogen-bond donors (Lipinski definition) is 1. The van der Waals surface area contributed by atoms with Gasteiger partial charge in [-0.25, -0.2) is 4.79 Å². The summed E-state index contributed by atoms with van der Waals surface area (Å²) in [6.07, 6.45) is 1.26. The molecule has 1 amide bonds. The smallest absolute Gasteiger partial charge is 0.410 e. The highest BCUT2D eigenvalue weighted by Gasteiger charge is 2.38. The highest BCUT2D eigenvalue weighted by molar-refractivity contribution is 5.73. The van der Waals surface area contributed by atoms with E-state index in [-0.39, 0.29) is 6.04 Å². The largest absolute Gasteiger partial charge is 0.481 e. The van der Waals surface area contributed by atoms with Crippen molar-refractivity contribution in [3.63, 3.8) is 0 Å². The molecule has 0 radical (unpaired) electrons. The summed E-state index contributed by atoms with van der Waals surface area (Å²) in [4.78, 5) is 25.0. The molecule has 0 bridgehead atoms. The Hall–Kier alpha value is -1.26. The van der Waals surface area contributed by atoms with E-state index < -0.39 is 23.6 Å². The van der Waals surface area contributed by atoms with E-state index in [9.17, 15) is 9.59 Å². The van der Waals surface area contributed by atoms with Crippen LogP contribution in [0.1, 0.15) is 47.5 Å². The Morgan fingerprint density at radius 1 is 1.32 bits per heavy atom. The van der Waals surface area contributed by atoms with Crippen LogP contribution in [0.25, 0.3) is 0 Å². The lowest BCUT2D eigenvalue weighted by Crippen LogP contribution is -2.52. The fourth-order valence-electron chi connectivity index (χ4n) is 2.39. The van der Waals surface area contributed by atoms with E-state index in [2.05, 4.69) is 6.92 Å². The zero-order valence-corrected chi connectivity index (χ0v) is 12.5. The molecule has 0 aromatic heterocycles. The Balaban J connectivity index is 2.84. The zero-order valence-electron chi connectivity index (χ0n) is 12.5. The van der Waals surface area contributed by atoms with Gasteiger partial charge in [-0.15, -0.1) is 0 Å². The first-order chi connectivity index (χ1) is 8.61. The summed E-state index contributed by atoms with van der Waals surface area (Å²) in [6, 6.07) is -0.274. The topological polar surface area (TPSA) is 66.8 Å². The number of likely N-dealkylation sites (tertiary alicyclic amines) is 1. The minimum Gasteiger partial charge on any atom is -0.481 e. The van der Waals surface area contributed by atoms with Crippen LogP contribution >= 0.6 is 0 Å². The van der Waals surface area contributed by atoms with Crippen LogP contribution in [0.15, 0.2) is 0 Å². The molecule has 0 aromatic carbocycles. The standard InChI is InChI=1S/C14H25NO4/c1-9-6-7-11(10(2)12(16)17)15(8-9)13(18)19-14(3,4)5/h9-11H,6-8H2,1-5H3,(H,16,17)/t9-,10-,11-/m0/s1. The first kappa shape index (κ1) is 15.8. The summed E-state index contributed by atoms with van der Waals surface area (Å²) in [7, 11) is 0. The van der Waals surface area contributed by atoms with E-state index in [1.54, 1.807) is 11.8 Å². The van der Waals surface area contributed by atoms with Crippen molar-refractivity contribution >= 4 is 12.1 Å². The van der Waals surface area contributed by atoms with Crippen LogP contribution in [0.5, 0.6) is 0 Å². The molecular weight excluding hydrogens is 246 g/mol. The third-order valence-electron chi connectivity index (χ3n) is 3.46. The number of carboxylic acids is 1. The van der Waals surface area contributed by atoms with Gasteiger partial charge in [-0.2, -0.15) is 0 Å². The van der Waals surface area contributed by atoms with Crippen LogP contribution in [0.3, 0.4) is 0 Å². The number of hydrogen-bond acceptors (Lipinski definition) is 3. The maximum absolute atomic E-state index is 12.2. The van der Waals surface area contributed by atoms with Gasteiger partial charge in [0.05, 0.1) is 5.92 Å². The predicted octanol–water partition coefficient (Wildman–Crippen LogP) is 2.74. The molecule has 1 saturated heterocycles. The van der Waals surface area contributed by atoms with Gasteiger partial charge in [0.1, 0.15) is 5.60 Å². The number of carboxylic acid groups (broad SMARTS) is 1. The first-order valence-electron chi connectivity index (χ1n) is 6.84. The third-order valence-corrected chi connectivity index (χ3v) is 3.46. The molecule has 0 spiro atoms. The molecule has 5 nitrogen and oxygen atoms in total. The van der Waals surface area contributed by atoms with Crippen LogP contribution in [-0.2, 0) is 9.53 Å². The molecule has 0 unspecified atom stereocenters. The van der Waals surface area contributed by atoms with E-state index in [1.807, 2.05) is 20.8 Å². The Labute approximate surface area is 114 Å². The molecule has 0 saturated carbocycles. The van der Waals surface area contributed by atoms with Crippen LogP contribution in [0.2, 0.25) is 0 Å². The lowest BCUT2D eigenvalue weighted by atomic mass is 9.87. The van der Waals surface area contributed by atoms with Gasteiger partial charge in [0, 0.05) is 12.6 Å². The lowest BCUT2D eigenvalue weighted by Gasteiger charge is -2.40. The summed E-state index contributed by atoms with van der Waals surface area (Å²) in [5, 5.41) is 9.15. The van der Waals surface area contributed by atoms with E-state index in [1.165, 1.54) is 0 Å². The van der Waals surface area contributed by atoms with Gasteiger partial charge in [0.2, 0.25) is 0 Å². The molecule has 1 aliphatic heterocycles. The molecule has 110 valence electrons. The maximum Gasteiger partial charge on any atom is 0.410 e. The molecule has 1 fully saturated rings. The molecular formula is C14H25NO4. The summed E-state index contributed by atoms with van der Waals surface area (Å²) in [5.41, 5.74) is -0.561. The molecule has 1 aliphatic rings. The maximum atomic E-state index is 12.2. The fraction of sp³-hybridized carbons (Fsp3) is 0.857. The van der Waals surface area contributed by atoms with Crippen molar-refractivity contribution in [1.29, 1.82) is 0 Å². The Morgan fingerprint density at radius 3 is 2.37 bits per heavy atom. The number of nitrogens with zero attached hydrogens (tertiary/aromatic N) is 1. The second-order valence-electron chi connectivity index (χ2n) is 6.51. The molecule has 0 aromatic rings. The summed E-state index contributed by atoms with van der Waals surface area (Å²) in [6.45, 7) is 9.73. The first-order valence-corrected chi connectivity index (χ1v) is 6.84. The van der Waals surface area contributed by atoms with E-state index in [0.29, 0.717) is 18.9 Å². The van der Waals surface area contributed by atoms with Crippen LogP contribution < -0.4 is 0 Å². The summed E-state index contributed by atoms with van der Waals surface area (Å²) >= 11 is 0. The van der Waals surface area contributed by atoms with Crippen molar-refractivity contribution in [2.75, 3.05) is 6.54 Å². The average Bonchev–Trinajstić information content (AvgIpc) is 2.25. The highest BCUT2D eigenvalue weighted by atomic mass is 16.6. The quantitative estimate of drug-likeness (QED) is 0.838. The zero-order chi connectivity index (χ0) is 14.8. The number of ether oxygens (including phenoxy) is 1. The minimum absolute atomic E-state index is 0.274. The van der Waals surface area contributed by atoms with Crippen molar-refractivity contribution in [1.82, 2.24) is 4.90 Å². The van der Waals surface area contributed by atoms with E-state index in [4.69, 9.17) is 9.84 Å². The number of carbonyl (C=O) groups is 2. The number of piperidine rings is 1. The molecule has 0 aliphatic carbocycles. The number of carbonyl (C=O) groups excluding carboxylic acids is 1. The SMILES string of the molecule is C[C@H]1CC[C@@H]([C@H](C)C(=O)O)N(C(=O)OC(C)(C)C)C1. The van der Waals surface area contributed by atoms with Gasteiger partial charge >= 0.3 is 12.1 Å². The van der Waals surface area contributed by atoms with Crippen LogP contribution in [0, 0.1) is 11.8 Å². The Bertz CT molecular complexity index is 348. The summed E-state index contributed by atoms with van der Waals surface area (Å²) < 4.78 is 5.38. The Morgan fingerprint density at radius 2 is 1.89 bits per heavy atom. The molecule has 1 heterocycles. The van der Waals surface area contributed by atoms with Gasteiger partial charge in [0.25, 0.3) is 0 Å². The monoisotopic (exact) mass is 271 g/mol. The predicted molar refractivity (Wildman–Crippen MR) is 71.9 cm³/mol. The number of aliphatic carboxylic acids is 1. The average molecular weight is 271 g/mol. The van der Waals surface area contributed by atoms with Gasteiger partial charge in [-0.3, -0.25) is 4.79 Å². The van der Waals surface area contributed by atoms with Crippen molar-refractivity contribution in [2.45, 2.75) is 59.1 Å². The van der Waals surface area contributed by atoms with Crippen molar-refractivity contribution < 1.29 is 19.4 Å². The van der Waals surface area contributed by atoms with Gasteiger partial charge < -0.3 is 14.7 Å². The van der Waals surface area contributed by atoms with Gasteiger partial charge in [-0.1, -0.05) is 6.92 Å². The fourth-order valence-corrected chi connectivity index (χ4v) is 2.39. The molecule has 1 N–H and O–H groups in total. The number of rotatable bonds is 2. The second kappa shape index (κ2) is 5.80. The highest BCUT2D eigenvalue weighted by Crippen LogP contribution is 2.28. The molecule has 19 heavy (non-hydrogen) atoms. The van der Waals surface area contributed by atoms with Gasteiger partial charge in [0.15, 0.2) is 0 Å². The van der Waals surface area contributed by atoms with Crippen LogP contribution in [-0.4, -0.2) is 40.3 Å². The van der Waals surface area contributed by atoms with Gasteiger partial charge in [-0.05, 0) is 46.5 Å². The van der Waals surface area contributed by atoms with E-state index >= 15 is 0 Å². The Kier molecular flexibility index (Phi) is 4.82. The second-order valence-corrected chi connectivity index (χ2v) is 6.51. The summed E-state index contributed by atoms with van der Waals surface area (Å²) in [5.74, 6) is -1.06. The lowest BCUT2D eigenvalue weighted by molar-refractivity contribution is -0.144. The number of amides is 1. The van der Waals surface area contributed by atoms with Crippen LogP contribution in [0.4, 0.5) is 4.79 Å². The molecule has 1 rings (SSSR count). The molecule has 5 heteroatoms. The molecule has 3 atom stereocenters. The van der Waals surface area contributed by atoms with E-state index in [0.717, 1.165) is 6.42 Å². The minimum atomic E-state index is -0.867. The van der Waals surface area contributed by atoms with Crippen molar-refractivity contribution in [3.8, 4) is 0 Å².